The number of anilines is 1. The third-order valence-electron chi connectivity index (χ3n) is 3.48. The van der Waals surface area contributed by atoms with Gasteiger partial charge in [-0.2, -0.15) is 0 Å². The van der Waals surface area contributed by atoms with Crippen molar-refractivity contribution in [3.8, 4) is 0 Å². The Labute approximate surface area is 120 Å². The Morgan fingerprint density at radius 1 is 1.50 bits per heavy atom. The van der Waals surface area contributed by atoms with E-state index in [-0.39, 0.29) is 17.4 Å². The molecule has 0 aromatic carbocycles. The molecule has 5 heteroatoms. The number of hydrogen-bond acceptors (Lipinski definition) is 4. The van der Waals surface area contributed by atoms with Gasteiger partial charge in [0, 0.05) is 38.0 Å². The first-order chi connectivity index (χ1) is 9.57. The highest BCUT2D eigenvalue weighted by atomic mass is 16.5. The molecular formula is C15H23N3O2. The largest absolute Gasteiger partial charge is 0.382 e. The van der Waals surface area contributed by atoms with Gasteiger partial charge in [0.25, 0.3) is 0 Å². The smallest absolute Gasteiger partial charge is 0.223 e. The zero-order valence-electron chi connectivity index (χ0n) is 12.2. The third kappa shape index (κ3) is 4.49. The third-order valence-corrected chi connectivity index (χ3v) is 3.48. The molecule has 2 N–H and O–H groups in total. The lowest BCUT2D eigenvalue weighted by atomic mass is 9.88. The van der Waals surface area contributed by atoms with Crippen LogP contribution in [0, 0.1) is 5.92 Å². The van der Waals surface area contributed by atoms with Crippen LogP contribution in [0.4, 0.5) is 5.69 Å². The summed E-state index contributed by atoms with van der Waals surface area (Å²) < 4.78 is 5.63. The van der Waals surface area contributed by atoms with Crippen LogP contribution in [0.1, 0.15) is 26.7 Å². The van der Waals surface area contributed by atoms with Crippen molar-refractivity contribution in [3.63, 3.8) is 0 Å². The minimum Gasteiger partial charge on any atom is -0.382 e. The number of nitrogens with zero attached hydrogens (tertiary/aromatic N) is 1. The van der Waals surface area contributed by atoms with Crippen molar-refractivity contribution in [2.75, 3.05) is 25.0 Å². The molecule has 1 fully saturated rings. The second-order valence-electron chi connectivity index (χ2n) is 5.76. The summed E-state index contributed by atoms with van der Waals surface area (Å²) in [5, 5.41) is 6.20. The van der Waals surface area contributed by atoms with Crippen molar-refractivity contribution < 1.29 is 9.53 Å². The number of nitrogens with one attached hydrogen (secondary N) is 2. The molecule has 0 spiro atoms. The molecule has 5 nitrogen and oxygen atoms in total. The van der Waals surface area contributed by atoms with Crippen LogP contribution in [0.2, 0.25) is 0 Å². The van der Waals surface area contributed by atoms with Crippen LogP contribution in [0.15, 0.2) is 24.5 Å². The lowest BCUT2D eigenvalue weighted by Crippen LogP contribution is -2.42. The van der Waals surface area contributed by atoms with E-state index in [4.69, 9.17) is 4.74 Å². The van der Waals surface area contributed by atoms with Gasteiger partial charge in [-0.1, -0.05) is 0 Å². The van der Waals surface area contributed by atoms with E-state index < -0.39 is 0 Å². The van der Waals surface area contributed by atoms with Crippen LogP contribution >= 0.6 is 0 Å². The molecule has 2 heterocycles. The summed E-state index contributed by atoms with van der Waals surface area (Å²) in [6.07, 6.45) is 5.10. The number of amides is 1. The fourth-order valence-electron chi connectivity index (χ4n) is 2.46. The Morgan fingerprint density at radius 3 is 3.05 bits per heavy atom. The molecule has 1 aromatic rings. The van der Waals surface area contributed by atoms with Crippen molar-refractivity contribution in [3.05, 3.63) is 24.5 Å². The molecule has 1 amide bonds. The SMILES string of the molecule is CC1(C)CC(C(=O)NCCNc2cccnc2)CCO1. The number of hydrogen-bond donors (Lipinski definition) is 2. The Kier molecular flexibility index (Phi) is 4.95. The molecule has 1 atom stereocenters. The van der Waals surface area contributed by atoms with Crippen LogP contribution in [0.3, 0.4) is 0 Å². The van der Waals surface area contributed by atoms with Crippen molar-refractivity contribution in [2.45, 2.75) is 32.3 Å². The fourth-order valence-corrected chi connectivity index (χ4v) is 2.46. The molecular weight excluding hydrogens is 254 g/mol. The Balaban J connectivity index is 1.67. The summed E-state index contributed by atoms with van der Waals surface area (Å²) in [5.41, 5.74) is 0.780. The maximum absolute atomic E-state index is 12.1. The lowest BCUT2D eigenvalue weighted by Gasteiger charge is -2.34. The molecule has 20 heavy (non-hydrogen) atoms. The monoisotopic (exact) mass is 277 g/mol. The van der Waals surface area contributed by atoms with Crippen molar-refractivity contribution in [1.82, 2.24) is 10.3 Å². The van der Waals surface area contributed by atoms with Crippen LogP contribution in [0.5, 0.6) is 0 Å². The van der Waals surface area contributed by atoms with E-state index in [1.54, 1.807) is 12.4 Å². The van der Waals surface area contributed by atoms with Gasteiger partial charge in [0.1, 0.15) is 0 Å². The zero-order chi connectivity index (χ0) is 14.4. The molecule has 1 unspecified atom stereocenters. The summed E-state index contributed by atoms with van der Waals surface area (Å²) >= 11 is 0. The zero-order valence-corrected chi connectivity index (χ0v) is 12.2. The highest BCUT2D eigenvalue weighted by Gasteiger charge is 2.32. The molecule has 0 bridgehead atoms. The number of carbonyl (C=O) groups is 1. The lowest BCUT2D eigenvalue weighted by molar-refractivity contribution is -0.135. The van der Waals surface area contributed by atoms with Gasteiger partial charge in [-0.3, -0.25) is 9.78 Å². The number of carbonyl (C=O) groups excluding carboxylic acids is 1. The van der Waals surface area contributed by atoms with Gasteiger partial charge in [0.15, 0.2) is 0 Å². The normalized spacial score (nSPS) is 21.2. The van der Waals surface area contributed by atoms with E-state index in [9.17, 15) is 4.79 Å². The second-order valence-corrected chi connectivity index (χ2v) is 5.76. The summed E-state index contributed by atoms with van der Waals surface area (Å²) in [5.74, 6) is 0.200. The number of ether oxygens (including phenoxy) is 1. The molecule has 110 valence electrons. The minimum atomic E-state index is -0.186. The first-order valence-electron chi connectivity index (χ1n) is 7.12. The van der Waals surface area contributed by atoms with Crippen molar-refractivity contribution in [1.29, 1.82) is 0 Å². The Bertz CT molecular complexity index is 434. The molecule has 0 saturated carbocycles. The first kappa shape index (κ1) is 14.8. The van der Waals surface area contributed by atoms with Gasteiger partial charge in [0.2, 0.25) is 5.91 Å². The van der Waals surface area contributed by atoms with E-state index in [0.717, 1.165) is 18.5 Å². The Morgan fingerprint density at radius 2 is 2.35 bits per heavy atom. The summed E-state index contributed by atoms with van der Waals surface area (Å²) in [7, 11) is 0. The van der Waals surface area contributed by atoms with Crippen molar-refractivity contribution in [2.24, 2.45) is 5.92 Å². The first-order valence-corrected chi connectivity index (χ1v) is 7.12. The molecule has 2 rings (SSSR count). The van der Waals surface area contributed by atoms with Gasteiger partial charge in [0.05, 0.1) is 11.3 Å². The van der Waals surface area contributed by atoms with Crippen LogP contribution in [0.25, 0.3) is 0 Å². The average Bonchev–Trinajstić information content (AvgIpc) is 2.43. The fraction of sp³-hybridized carbons (Fsp3) is 0.600. The van der Waals surface area contributed by atoms with Gasteiger partial charge < -0.3 is 15.4 Å². The Hall–Kier alpha value is -1.62. The summed E-state index contributed by atoms with van der Waals surface area (Å²) in [6.45, 7) is 6.06. The molecule has 1 saturated heterocycles. The van der Waals surface area contributed by atoms with Crippen molar-refractivity contribution >= 4 is 11.6 Å². The number of pyridine rings is 1. The number of aromatic nitrogens is 1. The van der Waals surface area contributed by atoms with Gasteiger partial charge in [-0.25, -0.2) is 0 Å². The maximum Gasteiger partial charge on any atom is 0.223 e. The average molecular weight is 277 g/mol. The topological polar surface area (TPSA) is 63.2 Å². The quantitative estimate of drug-likeness (QED) is 0.806. The van der Waals surface area contributed by atoms with E-state index in [0.29, 0.717) is 19.7 Å². The van der Waals surface area contributed by atoms with E-state index in [1.807, 2.05) is 26.0 Å². The van der Waals surface area contributed by atoms with Crippen LogP contribution in [-0.4, -0.2) is 36.2 Å². The highest BCUT2D eigenvalue weighted by molar-refractivity contribution is 5.78. The van der Waals surface area contributed by atoms with E-state index in [2.05, 4.69) is 15.6 Å². The van der Waals surface area contributed by atoms with Gasteiger partial charge >= 0.3 is 0 Å². The summed E-state index contributed by atoms with van der Waals surface area (Å²) in [4.78, 5) is 16.1. The van der Waals surface area contributed by atoms with E-state index >= 15 is 0 Å². The number of rotatable bonds is 5. The summed E-state index contributed by atoms with van der Waals surface area (Å²) in [6, 6.07) is 3.83. The van der Waals surface area contributed by atoms with Gasteiger partial charge in [-0.05, 0) is 38.8 Å². The molecule has 1 aliphatic heterocycles. The van der Waals surface area contributed by atoms with E-state index in [1.165, 1.54) is 0 Å². The molecule has 1 aliphatic rings. The van der Waals surface area contributed by atoms with Crippen LogP contribution in [-0.2, 0) is 9.53 Å². The van der Waals surface area contributed by atoms with Crippen LogP contribution < -0.4 is 10.6 Å². The highest BCUT2D eigenvalue weighted by Crippen LogP contribution is 2.28. The molecule has 0 aliphatic carbocycles. The molecule has 0 radical (unpaired) electrons. The maximum atomic E-state index is 12.1. The van der Waals surface area contributed by atoms with Gasteiger partial charge in [-0.15, -0.1) is 0 Å². The predicted octanol–water partition coefficient (Wildman–Crippen LogP) is 1.81. The predicted molar refractivity (Wildman–Crippen MR) is 78.5 cm³/mol. The minimum absolute atomic E-state index is 0.0668. The standard InChI is InChI=1S/C15H23N3O2/c1-15(2)10-12(5-9-20-15)14(19)18-8-7-17-13-4-3-6-16-11-13/h3-4,6,11-12,17H,5,7-10H2,1-2H3,(H,18,19). The molecule has 1 aromatic heterocycles. The second kappa shape index (κ2) is 6.70.